The molecule has 0 amide bonds. The highest BCUT2D eigenvalue weighted by Gasteiger charge is 2.54. The molecule has 19 nitrogen and oxygen atoms in total. The zero-order valence-electron chi connectivity index (χ0n) is 23.6. The summed E-state index contributed by atoms with van der Waals surface area (Å²) < 4.78 is 35.1. The minimum atomic E-state index is -1.64. The molecule has 0 aromatic heterocycles. The molecule has 4 rings (SSSR count). The molecule has 1 saturated carbocycles. The number of hydrogen-bond donors (Lipinski definition) is 12. The van der Waals surface area contributed by atoms with E-state index < -0.39 is 105 Å². The maximum atomic E-state index is 11.2. The van der Waals surface area contributed by atoms with Crippen LogP contribution in [0.3, 0.4) is 0 Å². The van der Waals surface area contributed by atoms with Crippen molar-refractivity contribution in [2.24, 2.45) is 22.9 Å². The van der Waals surface area contributed by atoms with E-state index in [2.05, 4.69) is 5.32 Å². The van der Waals surface area contributed by atoms with E-state index in [0.717, 1.165) is 0 Å². The topological polar surface area (TPSA) is 316 Å². The smallest absolute Gasteiger partial charge is 0.187 e. The molecule has 2 saturated heterocycles. The molecule has 0 aromatic carbocycles. The van der Waals surface area contributed by atoms with Crippen LogP contribution in [-0.2, 0) is 28.4 Å². The van der Waals surface area contributed by atoms with Gasteiger partial charge in [-0.3, -0.25) is 10.4 Å². The summed E-state index contributed by atoms with van der Waals surface area (Å²) in [4.78, 5) is 0. The Balaban J connectivity index is 1.52. The molecule has 0 aromatic rings. The zero-order valence-corrected chi connectivity index (χ0v) is 23.6. The second kappa shape index (κ2) is 15.0. The maximum absolute atomic E-state index is 11.2. The van der Waals surface area contributed by atoms with E-state index in [1.165, 1.54) is 0 Å². The van der Waals surface area contributed by atoms with Crippen molar-refractivity contribution in [1.82, 2.24) is 10.5 Å². The quantitative estimate of drug-likeness (QED) is 0.0748. The van der Waals surface area contributed by atoms with E-state index >= 15 is 0 Å². The largest absolute Gasteiger partial charge is 0.394 e. The van der Waals surface area contributed by atoms with Crippen LogP contribution >= 0.6 is 0 Å². The summed E-state index contributed by atoms with van der Waals surface area (Å²) in [6.45, 7) is -0.370. The number of nitrogens with zero attached hydrogens (tertiary/aromatic N) is 1. The average Bonchev–Trinajstić information content (AvgIpc) is 3.27. The predicted octanol–water partition coefficient (Wildman–Crippen LogP) is -6.68. The molecule has 0 radical (unpaired) electrons. The van der Waals surface area contributed by atoms with Gasteiger partial charge in [0.25, 0.3) is 0 Å². The number of hydroxylamine groups is 2. The van der Waals surface area contributed by atoms with Crippen molar-refractivity contribution in [3.8, 4) is 0 Å². The van der Waals surface area contributed by atoms with Gasteiger partial charge in [0.1, 0.15) is 54.9 Å². The van der Waals surface area contributed by atoms with Crippen molar-refractivity contribution >= 4 is 0 Å². The lowest BCUT2D eigenvalue weighted by atomic mass is 9.84. The van der Waals surface area contributed by atoms with E-state index in [-0.39, 0.29) is 24.3 Å². The Morgan fingerprint density at radius 2 is 1.47 bits per heavy atom. The number of ether oxygens (including phenoxy) is 6. The second-order valence-corrected chi connectivity index (χ2v) is 11.2. The number of hydrogen-bond acceptors (Lipinski definition) is 19. The van der Waals surface area contributed by atoms with Crippen LogP contribution in [0.1, 0.15) is 6.42 Å². The van der Waals surface area contributed by atoms with E-state index in [4.69, 9.17) is 51.4 Å². The lowest BCUT2D eigenvalue weighted by molar-refractivity contribution is -0.366. The Morgan fingerprint density at radius 1 is 0.814 bits per heavy atom. The minimum Gasteiger partial charge on any atom is -0.394 e. The fourth-order valence-corrected chi connectivity index (χ4v) is 5.74. The van der Waals surface area contributed by atoms with E-state index in [0.29, 0.717) is 6.54 Å². The standard InChI is InChI=1S/C24H46N6O13/c1-29-6-8-2-3-9(26)22(38-8)41-19-10(27)4-11(30(36)37)15(32)21(19)43-24-18(35)20(13(7-31)40-24)42-23-14(28)17(34)16(33)12(5-25)39-23/h2-3,8-24,29,31-37H,4-7,25-28H2,1H3/t8-,9+,10-,11+,12-,13+,14+,15-,16+,17+,18+,19+,20+,21+,22+,23+,24-/m0/s1. The monoisotopic (exact) mass is 626 g/mol. The first-order valence-corrected chi connectivity index (χ1v) is 14.1. The van der Waals surface area contributed by atoms with Crippen LogP contribution in [0.4, 0.5) is 0 Å². The van der Waals surface area contributed by atoms with Gasteiger partial charge in [0, 0.05) is 19.1 Å². The van der Waals surface area contributed by atoms with E-state index in [1.54, 1.807) is 19.2 Å². The van der Waals surface area contributed by atoms with Gasteiger partial charge in [-0.25, -0.2) is 0 Å². The number of aliphatic hydroxyl groups is 5. The molecule has 250 valence electrons. The number of nitrogens with two attached hydrogens (primary N) is 4. The maximum Gasteiger partial charge on any atom is 0.187 e. The fourth-order valence-electron chi connectivity index (χ4n) is 5.74. The van der Waals surface area contributed by atoms with E-state index in [9.17, 15) is 35.9 Å². The van der Waals surface area contributed by atoms with Crippen LogP contribution in [0.2, 0.25) is 0 Å². The Kier molecular flexibility index (Phi) is 12.2. The molecule has 3 aliphatic heterocycles. The number of rotatable bonds is 11. The molecule has 3 heterocycles. The van der Waals surface area contributed by atoms with Gasteiger partial charge in [-0.1, -0.05) is 17.4 Å². The van der Waals surface area contributed by atoms with Crippen molar-refractivity contribution in [2.75, 3.05) is 26.7 Å². The highest BCUT2D eigenvalue weighted by Crippen LogP contribution is 2.34. The first kappa shape index (κ1) is 34.8. The average molecular weight is 627 g/mol. The summed E-state index contributed by atoms with van der Waals surface area (Å²) >= 11 is 0. The summed E-state index contributed by atoms with van der Waals surface area (Å²) in [5.41, 5.74) is 24.1. The Hall–Kier alpha value is -1.02. The van der Waals surface area contributed by atoms with E-state index in [1.807, 2.05) is 0 Å². The molecule has 1 aliphatic carbocycles. The Morgan fingerprint density at radius 3 is 2.09 bits per heavy atom. The normalized spacial score (nSPS) is 49.1. The van der Waals surface area contributed by atoms with Gasteiger partial charge < -0.3 is 82.2 Å². The molecule has 16 N–H and O–H groups in total. The van der Waals surface area contributed by atoms with Crippen LogP contribution in [0.25, 0.3) is 0 Å². The van der Waals surface area contributed by atoms with Gasteiger partial charge in [-0.05, 0) is 13.5 Å². The van der Waals surface area contributed by atoms with Gasteiger partial charge in [0.05, 0.1) is 30.8 Å². The Labute approximate surface area is 247 Å². The lowest BCUT2D eigenvalue weighted by Gasteiger charge is -2.46. The van der Waals surface area contributed by atoms with Gasteiger partial charge in [0.15, 0.2) is 18.9 Å². The van der Waals surface area contributed by atoms with Crippen LogP contribution < -0.4 is 28.3 Å². The Bertz CT molecular complexity index is 910. The second-order valence-electron chi connectivity index (χ2n) is 11.2. The minimum absolute atomic E-state index is 0.136. The number of aliphatic hydroxyl groups excluding tert-OH is 5. The van der Waals surface area contributed by atoms with Crippen molar-refractivity contribution in [3.05, 3.63) is 12.2 Å². The molecule has 19 heteroatoms. The van der Waals surface area contributed by atoms with Crippen LogP contribution in [0.15, 0.2) is 12.2 Å². The summed E-state index contributed by atoms with van der Waals surface area (Å²) in [6, 6.07) is -4.22. The number of likely N-dealkylation sites (N-methyl/N-ethyl adjacent to an activating group) is 1. The number of nitrogens with one attached hydrogen (secondary N) is 1. The van der Waals surface area contributed by atoms with Gasteiger partial charge in [-0.15, -0.1) is 0 Å². The molecule has 43 heavy (non-hydrogen) atoms. The third kappa shape index (κ3) is 7.52. The summed E-state index contributed by atoms with van der Waals surface area (Å²) in [5.74, 6) is 0. The molecule has 17 atom stereocenters. The third-order valence-corrected chi connectivity index (χ3v) is 8.19. The molecule has 4 aliphatic rings. The van der Waals surface area contributed by atoms with Crippen LogP contribution in [-0.4, -0.2) is 172 Å². The molecule has 0 unspecified atom stereocenters. The first-order chi connectivity index (χ1) is 20.4. The lowest BCUT2D eigenvalue weighted by Crippen LogP contribution is -2.66. The van der Waals surface area contributed by atoms with Crippen LogP contribution in [0.5, 0.6) is 0 Å². The highest BCUT2D eigenvalue weighted by atomic mass is 16.8. The summed E-state index contributed by atoms with van der Waals surface area (Å²) in [5, 5.41) is 75.0. The highest BCUT2D eigenvalue weighted by molar-refractivity contribution is 5.05. The van der Waals surface area contributed by atoms with Crippen molar-refractivity contribution in [2.45, 2.75) is 110 Å². The van der Waals surface area contributed by atoms with Crippen molar-refractivity contribution in [3.63, 3.8) is 0 Å². The predicted molar refractivity (Wildman–Crippen MR) is 142 cm³/mol. The summed E-state index contributed by atoms with van der Waals surface area (Å²) in [6.07, 6.45) is -13.2. The first-order valence-electron chi connectivity index (χ1n) is 14.1. The SMILES string of the molecule is CNC[C@@H]1C=C[C@@H](N)[C@@H](O[C@H]2[C@H](O[C@@H]3O[C@H](CO)[C@@H](O[C@H]4O[C@@H](CN)[C@@H](O)[C@H](O)[C@H]4N)[C@H]3O)[C@@H](O)[C@H](N(O)O)C[C@@H]2N)O1. The summed E-state index contributed by atoms with van der Waals surface area (Å²) in [7, 11) is 1.74. The zero-order chi connectivity index (χ0) is 31.6. The fraction of sp³-hybridized carbons (Fsp3) is 0.917. The van der Waals surface area contributed by atoms with Crippen molar-refractivity contribution in [1.29, 1.82) is 0 Å². The van der Waals surface area contributed by atoms with Gasteiger partial charge in [-0.2, -0.15) is 0 Å². The molecular weight excluding hydrogens is 580 g/mol. The molecule has 3 fully saturated rings. The van der Waals surface area contributed by atoms with Gasteiger partial charge in [0.2, 0.25) is 0 Å². The molecule has 0 bridgehead atoms. The van der Waals surface area contributed by atoms with Gasteiger partial charge >= 0.3 is 0 Å². The molecular formula is C24H46N6O13. The van der Waals surface area contributed by atoms with Crippen LogP contribution in [0, 0.1) is 0 Å². The van der Waals surface area contributed by atoms with Crippen molar-refractivity contribution < 1.29 is 64.4 Å². The molecule has 0 spiro atoms. The third-order valence-electron chi connectivity index (χ3n) is 8.19.